The maximum absolute atomic E-state index is 12.4. The number of nitriles is 1. The van der Waals surface area contributed by atoms with Crippen LogP contribution >= 0.6 is 0 Å². The highest BCUT2D eigenvalue weighted by Gasteiger charge is 2.21. The number of nitrogens with zero attached hydrogens (tertiary/aromatic N) is 3. The van der Waals surface area contributed by atoms with Crippen molar-refractivity contribution in [1.29, 1.82) is 5.26 Å². The molecule has 7 heteroatoms. The van der Waals surface area contributed by atoms with Crippen molar-refractivity contribution in [3.05, 3.63) is 77.1 Å². The maximum Gasteiger partial charge on any atom is 0.356 e. The summed E-state index contributed by atoms with van der Waals surface area (Å²) in [6.45, 7) is 1.92. The van der Waals surface area contributed by atoms with Crippen LogP contribution in [0.3, 0.4) is 0 Å². The molecule has 2 N–H and O–H groups in total. The number of amides is 1. The van der Waals surface area contributed by atoms with Gasteiger partial charge in [-0.15, -0.1) is 0 Å². The average molecular weight is 346 g/mol. The van der Waals surface area contributed by atoms with Crippen molar-refractivity contribution in [2.24, 2.45) is 0 Å². The minimum absolute atomic E-state index is 0.0902. The van der Waals surface area contributed by atoms with E-state index in [-0.39, 0.29) is 11.4 Å². The van der Waals surface area contributed by atoms with Gasteiger partial charge in [-0.3, -0.25) is 4.79 Å². The van der Waals surface area contributed by atoms with Gasteiger partial charge in [-0.1, -0.05) is 17.7 Å². The third kappa shape index (κ3) is 3.30. The van der Waals surface area contributed by atoms with Crippen LogP contribution in [0, 0.1) is 18.3 Å². The van der Waals surface area contributed by atoms with Crippen molar-refractivity contribution in [2.75, 3.05) is 5.32 Å². The van der Waals surface area contributed by atoms with Crippen LogP contribution < -0.4 is 5.32 Å². The molecule has 0 radical (unpaired) electrons. The average Bonchev–Trinajstić information content (AvgIpc) is 3.06. The molecule has 2 aromatic carbocycles. The van der Waals surface area contributed by atoms with Crippen LogP contribution in [-0.2, 0) is 0 Å². The standard InChI is InChI=1S/C19H14N4O3/c1-12-2-8-15(9-3-12)23-17(19(25)26)16(11-21-23)22-18(24)14-6-4-13(10-20)5-7-14/h2-9,11H,1H3,(H,22,24)(H,25,26). The second-order valence-electron chi connectivity index (χ2n) is 5.60. The van der Waals surface area contributed by atoms with Crippen LogP contribution in [0.1, 0.15) is 32.0 Å². The quantitative estimate of drug-likeness (QED) is 0.755. The number of carboxylic acid groups (broad SMARTS) is 1. The minimum atomic E-state index is -1.21. The third-order valence-electron chi connectivity index (χ3n) is 3.77. The van der Waals surface area contributed by atoms with E-state index >= 15 is 0 Å². The Labute approximate surface area is 149 Å². The summed E-state index contributed by atoms with van der Waals surface area (Å²) in [7, 11) is 0. The smallest absolute Gasteiger partial charge is 0.356 e. The number of rotatable bonds is 4. The Kier molecular flexibility index (Phi) is 4.50. The molecular formula is C19H14N4O3. The van der Waals surface area contributed by atoms with Gasteiger partial charge in [0.05, 0.1) is 29.2 Å². The molecule has 0 fully saturated rings. The van der Waals surface area contributed by atoms with E-state index in [2.05, 4.69) is 10.4 Å². The highest BCUT2D eigenvalue weighted by atomic mass is 16.4. The van der Waals surface area contributed by atoms with Crippen LogP contribution in [0.2, 0.25) is 0 Å². The zero-order valence-corrected chi connectivity index (χ0v) is 13.8. The number of hydrogen-bond donors (Lipinski definition) is 2. The molecule has 1 heterocycles. The van der Waals surface area contributed by atoms with E-state index < -0.39 is 11.9 Å². The van der Waals surface area contributed by atoms with E-state index in [1.54, 1.807) is 12.1 Å². The number of aromatic carboxylic acids is 1. The maximum atomic E-state index is 12.4. The lowest BCUT2D eigenvalue weighted by molar-refractivity contribution is 0.0688. The van der Waals surface area contributed by atoms with Crippen molar-refractivity contribution in [3.8, 4) is 11.8 Å². The van der Waals surface area contributed by atoms with E-state index in [1.165, 1.54) is 35.1 Å². The molecule has 0 saturated heterocycles. The van der Waals surface area contributed by atoms with Gasteiger partial charge >= 0.3 is 5.97 Å². The zero-order valence-electron chi connectivity index (χ0n) is 13.8. The lowest BCUT2D eigenvalue weighted by atomic mass is 10.1. The number of carboxylic acids is 1. The lowest BCUT2D eigenvalue weighted by Crippen LogP contribution is -2.16. The Morgan fingerprint density at radius 1 is 1.12 bits per heavy atom. The van der Waals surface area contributed by atoms with Crippen molar-refractivity contribution in [1.82, 2.24) is 9.78 Å². The fourth-order valence-corrected chi connectivity index (χ4v) is 2.42. The molecule has 128 valence electrons. The summed E-state index contributed by atoms with van der Waals surface area (Å²) in [6, 6.07) is 15.2. The molecule has 3 aromatic rings. The summed E-state index contributed by atoms with van der Waals surface area (Å²) >= 11 is 0. The topological polar surface area (TPSA) is 108 Å². The first-order chi connectivity index (χ1) is 12.5. The van der Waals surface area contributed by atoms with E-state index in [0.29, 0.717) is 16.8 Å². The van der Waals surface area contributed by atoms with Crippen molar-refractivity contribution < 1.29 is 14.7 Å². The van der Waals surface area contributed by atoms with Crippen molar-refractivity contribution in [3.63, 3.8) is 0 Å². The van der Waals surface area contributed by atoms with Crippen LogP contribution in [-0.4, -0.2) is 26.8 Å². The van der Waals surface area contributed by atoms with E-state index in [4.69, 9.17) is 5.26 Å². The van der Waals surface area contributed by atoms with Gasteiger partial charge in [0.1, 0.15) is 0 Å². The minimum Gasteiger partial charge on any atom is -0.476 e. The summed E-state index contributed by atoms with van der Waals surface area (Å²) in [6.07, 6.45) is 1.30. The number of carbonyl (C=O) groups excluding carboxylic acids is 1. The molecule has 0 atom stereocenters. The van der Waals surface area contributed by atoms with Crippen molar-refractivity contribution >= 4 is 17.6 Å². The third-order valence-corrected chi connectivity index (χ3v) is 3.77. The van der Waals surface area contributed by atoms with Gasteiger partial charge in [0.25, 0.3) is 5.91 Å². The molecule has 26 heavy (non-hydrogen) atoms. The van der Waals surface area contributed by atoms with E-state index in [1.807, 2.05) is 25.1 Å². The molecule has 0 saturated carbocycles. The first-order valence-corrected chi connectivity index (χ1v) is 7.69. The van der Waals surface area contributed by atoms with Crippen molar-refractivity contribution in [2.45, 2.75) is 6.92 Å². The van der Waals surface area contributed by atoms with Gasteiger partial charge in [-0.2, -0.15) is 10.4 Å². The largest absolute Gasteiger partial charge is 0.476 e. The van der Waals surface area contributed by atoms with Gasteiger partial charge in [-0.05, 0) is 43.3 Å². The number of carbonyl (C=O) groups is 2. The number of aryl methyl sites for hydroxylation is 1. The number of aromatic nitrogens is 2. The monoisotopic (exact) mass is 346 g/mol. The molecule has 0 aliphatic rings. The Balaban J connectivity index is 1.92. The molecule has 3 rings (SSSR count). The van der Waals surface area contributed by atoms with Gasteiger partial charge in [-0.25, -0.2) is 9.48 Å². The van der Waals surface area contributed by atoms with Gasteiger partial charge in [0.15, 0.2) is 5.69 Å². The van der Waals surface area contributed by atoms with Crippen LogP contribution in [0.4, 0.5) is 5.69 Å². The van der Waals surface area contributed by atoms with E-state index in [0.717, 1.165) is 5.56 Å². The highest BCUT2D eigenvalue weighted by Crippen LogP contribution is 2.21. The second kappa shape index (κ2) is 6.91. The van der Waals surface area contributed by atoms with Crippen LogP contribution in [0.25, 0.3) is 5.69 Å². The lowest BCUT2D eigenvalue weighted by Gasteiger charge is -2.07. The van der Waals surface area contributed by atoms with E-state index in [9.17, 15) is 14.7 Å². The molecule has 0 spiro atoms. The Morgan fingerprint density at radius 3 is 2.35 bits per heavy atom. The number of nitrogens with one attached hydrogen (secondary N) is 1. The second-order valence-corrected chi connectivity index (χ2v) is 5.60. The van der Waals surface area contributed by atoms with Crippen LogP contribution in [0.5, 0.6) is 0 Å². The molecule has 0 unspecified atom stereocenters. The molecule has 1 amide bonds. The molecule has 7 nitrogen and oxygen atoms in total. The predicted molar refractivity (Wildman–Crippen MR) is 94.4 cm³/mol. The summed E-state index contributed by atoms with van der Waals surface area (Å²) in [4.78, 5) is 24.1. The first-order valence-electron chi connectivity index (χ1n) is 7.69. The highest BCUT2D eigenvalue weighted by molar-refractivity contribution is 6.07. The first kappa shape index (κ1) is 16.9. The molecule has 0 aliphatic heterocycles. The Hall–Kier alpha value is -3.92. The summed E-state index contributed by atoms with van der Waals surface area (Å²) in [5, 5.41) is 25.0. The molecular weight excluding hydrogens is 332 g/mol. The van der Waals surface area contributed by atoms with Gasteiger partial charge in [0, 0.05) is 5.56 Å². The SMILES string of the molecule is Cc1ccc(-n2ncc(NC(=O)c3ccc(C#N)cc3)c2C(=O)O)cc1. The zero-order chi connectivity index (χ0) is 18.7. The summed E-state index contributed by atoms with van der Waals surface area (Å²) < 4.78 is 1.26. The fraction of sp³-hybridized carbons (Fsp3) is 0.0526. The number of benzene rings is 2. The van der Waals surface area contributed by atoms with Gasteiger partial charge < -0.3 is 10.4 Å². The number of hydrogen-bond acceptors (Lipinski definition) is 4. The summed E-state index contributed by atoms with van der Waals surface area (Å²) in [5.41, 5.74) is 2.30. The normalized spacial score (nSPS) is 10.2. The molecule has 1 aromatic heterocycles. The predicted octanol–water partition coefficient (Wildman–Crippen LogP) is 3.00. The molecule has 0 bridgehead atoms. The van der Waals surface area contributed by atoms with Gasteiger partial charge in [0.2, 0.25) is 0 Å². The van der Waals surface area contributed by atoms with Crippen LogP contribution in [0.15, 0.2) is 54.7 Å². The Bertz CT molecular complexity index is 1010. The fourth-order valence-electron chi connectivity index (χ4n) is 2.42. The number of anilines is 1. The molecule has 0 aliphatic carbocycles. The summed E-state index contributed by atoms with van der Waals surface area (Å²) in [5.74, 6) is -1.70. The Morgan fingerprint density at radius 2 is 1.77 bits per heavy atom.